The molecular formula is C21H21F4N5O2S. The number of amides is 1. The van der Waals surface area contributed by atoms with Gasteiger partial charge in [-0.25, -0.2) is 4.39 Å². The van der Waals surface area contributed by atoms with Crippen LogP contribution in [0, 0.1) is 0 Å². The van der Waals surface area contributed by atoms with E-state index in [9.17, 15) is 22.4 Å². The van der Waals surface area contributed by atoms with Crippen molar-refractivity contribution in [3.63, 3.8) is 0 Å². The molecule has 0 aliphatic carbocycles. The average Bonchev–Trinajstić information content (AvgIpc) is 3.48. The third-order valence-corrected chi connectivity index (χ3v) is 7.19. The predicted molar refractivity (Wildman–Crippen MR) is 115 cm³/mol. The zero-order valence-corrected chi connectivity index (χ0v) is 18.2. The van der Waals surface area contributed by atoms with Crippen LogP contribution in [0.1, 0.15) is 30.2 Å². The maximum atomic E-state index is 14.4. The Morgan fingerprint density at radius 1 is 1.27 bits per heavy atom. The number of carbonyl (C=O) groups excluding carboxylic acids is 1. The number of alkyl halides is 4. The molecule has 4 heterocycles. The van der Waals surface area contributed by atoms with Crippen LogP contribution in [0.2, 0.25) is 0 Å². The van der Waals surface area contributed by atoms with Gasteiger partial charge in [0.05, 0.1) is 33.6 Å². The number of fused-ring (bicyclic) bond motifs is 1. The number of aromatic nitrogens is 2. The molecule has 3 atom stereocenters. The Kier molecular flexibility index (Phi) is 5.73. The maximum absolute atomic E-state index is 14.4. The first-order valence-corrected chi connectivity index (χ1v) is 11.4. The minimum Gasteiger partial charge on any atom is -0.378 e. The minimum atomic E-state index is -4.44. The van der Waals surface area contributed by atoms with Crippen molar-refractivity contribution >= 4 is 33.0 Å². The van der Waals surface area contributed by atoms with Crippen molar-refractivity contribution < 1.29 is 26.9 Å². The quantitative estimate of drug-likeness (QED) is 0.479. The number of anilines is 1. The largest absolute Gasteiger partial charge is 0.393 e. The van der Waals surface area contributed by atoms with Gasteiger partial charge in [-0.1, -0.05) is 17.3 Å². The third-order valence-electron chi connectivity index (χ3n) is 5.92. The first-order chi connectivity index (χ1) is 15.8. The average molecular weight is 483 g/mol. The number of carbonyl (C=O) groups is 1. The van der Waals surface area contributed by atoms with Gasteiger partial charge in [-0.2, -0.15) is 18.2 Å². The zero-order valence-electron chi connectivity index (χ0n) is 17.3. The van der Waals surface area contributed by atoms with E-state index < -0.39 is 24.8 Å². The summed E-state index contributed by atoms with van der Waals surface area (Å²) in [5, 5.41) is 13.2. The fourth-order valence-corrected chi connectivity index (χ4v) is 5.52. The van der Waals surface area contributed by atoms with Crippen LogP contribution in [0.5, 0.6) is 0 Å². The summed E-state index contributed by atoms with van der Waals surface area (Å²) in [7, 11) is 0. The van der Waals surface area contributed by atoms with Crippen molar-refractivity contribution in [3.05, 3.63) is 29.7 Å². The molecular weight excluding hydrogens is 462 g/mol. The third kappa shape index (κ3) is 4.54. The number of nitrogens with one attached hydrogen (secondary N) is 3. The molecule has 2 fully saturated rings. The lowest BCUT2D eigenvalue weighted by Gasteiger charge is -2.28. The van der Waals surface area contributed by atoms with Crippen LogP contribution in [-0.4, -0.2) is 54.1 Å². The molecule has 2 aromatic heterocycles. The van der Waals surface area contributed by atoms with Crippen LogP contribution in [0.25, 0.3) is 20.8 Å². The summed E-state index contributed by atoms with van der Waals surface area (Å²) in [5.74, 6) is -0.176. The number of halogens is 4. The molecule has 2 saturated heterocycles. The summed E-state index contributed by atoms with van der Waals surface area (Å²) in [5.41, 5.74) is 0.636. The highest BCUT2D eigenvalue weighted by molar-refractivity contribution is 7.23. The first-order valence-electron chi connectivity index (χ1n) is 10.6. The van der Waals surface area contributed by atoms with Crippen LogP contribution in [0.4, 0.5) is 23.2 Å². The number of benzene rings is 1. The van der Waals surface area contributed by atoms with Gasteiger partial charge >= 0.3 is 6.18 Å². The Morgan fingerprint density at radius 3 is 2.85 bits per heavy atom. The smallest absolute Gasteiger partial charge is 0.378 e. The zero-order chi connectivity index (χ0) is 23.2. The van der Waals surface area contributed by atoms with Crippen LogP contribution >= 0.6 is 11.3 Å². The lowest BCUT2D eigenvalue weighted by atomic mass is 10.0. The van der Waals surface area contributed by atoms with Crippen molar-refractivity contribution in [3.8, 4) is 10.7 Å². The van der Waals surface area contributed by atoms with Crippen molar-refractivity contribution in [2.45, 2.75) is 43.6 Å². The molecule has 12 heteroatoms. The molecule has 0 bridgehead atoms. The second-order valence-electron chi connectivity index (χ2n) is 8.30. The molecule has 33 heavy (non-hydrogen) atoms. The summed E-state index contributed by atoms with van der Waals surface area (Å²) in [6.45, 7) is 1.23. The molecule has 176 valence electrons. The lowest BCUT2D eigenvalue weighted by molar-refractivity contribution is -0.126. The van der Waals surface area contributed by atoms with Gasteiger partial charge in [-0.15, -0.1) is 11.3 Å². The van der Waals surface area contributed by atoms with Crippen LogP contribution in [0.3, 0.4) is 0 Å². The highest BCUT2D eigenvalue weighted by Gasteiger charge is 2.34. The molecule has 1 aromatic carbocycles. The van der Waals surface area contributed by atoms with Gasteiger partial charge in [0.25, 0.3) is 0 Å². The van der Waals surface area contributed by atoms with E-state index in [1.807, 2.05) is 0 Å². The molecule has 3 N–H and O–H groups in total. The molecule has 0 saturated carbocycles. The topological polar surface area (TPSA) is 92.1 Å². The number of hydrogen-bond acceptors (Lipinski definition) is 7. The second-order valence-corrected chi connectivity index (χ2v) is 9.33. The summed E-state index contributed by atoms with van der Waals surface area (Å²) in [6.07, 6.45) is -5.95. The molecule has 7 nitrogen and oxygen atoms in total. The lowest BCUT2D eigenvalue weighted by Crippen LogP contribution is -2.45. The highest BCUT2D eigenvalue weighted by atomic mass is 32.1. The van der Waals surface area contributed by atoms with Crippen molar-refractivity contribution in [2.24, 2.45) is 0 Å². The fourth-order valence-electron chi connectivity index (χ4n) is 4.30. The molecule has 0 radical (unpaired) electrons. The van der Waals surface area contributed by atoms with E-state index in [-0.39, 0.29) is 46.9 Å². The Bertz CT molecular complexity index is 1180. The van der Waals surface area contributed by atoms with Gasteiger partial charge in [0.1, 0.15) is 6.17 Å². The van der Waals surface area contributed by atoms with Gasteiger partial charge in [0, 0.05) is 19.5 Å². The highest BCUT2D eigenvalue weighted by Crippen LogP contribution is 2.44. The van der Waals surface area contributed by atoms with Crippen LogP contribution in [0.15, 0.2) is 22.7 Å². The Hall–Kier alpha value is -2.73. The van der Waals surface area contributed by atoms with Crippen LogP contribution in [-0.2, 0) is 11.2 Å². The predicted octanol–water partition coefficient (Wildman–Crippen LogP) is 3.77. The van der Waals surface area contributed by atoms with Crippen molar-refractivity contribution in [2.75, 3.05) is 25.0 Å². The number of rotatable bonds is 5. The molecule has 5 rings (SSSR count). The number of thiophene rings is 1. The monoisotopic (exact) mass is 483 g/mol. The Balaban J connectivity index is 1.55. The van der Waals surface area contributed by atoms with E-state index in [4.69, 9.17) is 4.52 Å². The second kappa shape index (κ2) is 8.56. The molecule has 2 aliphatic rings. The van der Waals surface area contributed by atoms with Gasteiger partial charge in [0.15, 0.2) is 0 Å². The van der Waals surface area contributed by atoms with Crippen molar-refractivity contribution in [1.29, 1.82) is 0 Å². The van der Waals surface area contributed by atoms with E-state index in [1.165, 1.54) is 0 Å². The van der Waals surface area contributed by atoms with Crippen molar-refractivity contribution in [1.82, 2.24) is 20.8 Å². The first kappa shape index (κ1) is 22.1. The van der Waals surface area contributed by atoms with E-state index in [0.29, 0.717) is 35.3 Å². The van der Waals surface area contributed by atoms with Gasteiger partial charge in [-0.3, -0.25) is 4.79 Å². The standard InChI is InChI=1S/C21H21F4N5O2S/c22-13-9-26-5-4-14(13)28-15-3-1-2-11-12(7-21(23,24)25)18(33-17(11)15)19-29-20(32-30-19)10-6-16(31)27-8-10/h1-3,10,13-14,26,28H,4-9H2,(H,27,31)/t10-,13-,14+/m0/s1. The number of piperidine rings is 1. The molecule has 3 aromatic rings. The van der Waals surface area contributed by atoms with E-state index >= 15 is 0 Å². The molecule has 0 unspecified atom stereocenters. The van der Waals surface area contributed by atoms with Gasteiger partial charge in [-0.05, 0) is 30.0 Å². The number of hydrogen-bond donors (Lipinski definition) is 3. The molecule has 1 amide bonds. The van der Waals surface area contributed by atoms with E-state index in [2.05, 4.69) is 26.1 Å². The SMILES string of the molecule is O=C1C[C@H](c2nc(-c3sc4c(N[C@@H]5CCNC[C@@H]5F)cccc4c3CC(F)(F)F)no2)CN1. The van der Waals surface area contributed by atoms with Gasteiger partial charge < -0.3 is 20.5 Å². The normalized spacial score (nSPS) is 23.8. The summed E-state index contributed by atoms with van der Waals surface area (Å²) >= 11 is 1.12. The van der Waals surface area contributed by atoms with E-state index in [1.54, 1.807) is 18.2 Å². The summed E-state index contributed by atoms with van der Waals surface area (Å²) < 4.78 is 60.7. The maximum Gasteiger partial charge on any atom is 0.393 e. The Morgan fingerprint density at radius 2 is 2.12 bits per heavy atom. The Labute approximate surface area is 189 Å². The van der Waals surface area contributed by atoms with E-state index in [0.717, 1.165) is 11.3 Å². The fraction of sp³-hybridized carbons (Fsp3) is 0.476. The van der Waals surface area contributed by atoms with Crippen LogP contribution < -0.4 is 16.0 Å². The molecule has 0 spiro atoms. The molecule has 2 aliphatic heterocycles. The summed E-state index contributed by atoms with van der Waals surface area (Å²) in [6, 6.07) is 4.59. The minimum absolute atomic E-state index is 0.0565. The summed E-state index contributed by atoms with van der Waals surface area (Å²) in [4.78, 5) is 16.1. The number of nitrogens with zero attached hydrogens (tertiary/aromatic N) is 2. The van der Waals surface area contributed by atoms with Gasteiger partial charge in [0.2, 0.25) is 17.6 Å².